The summed E-state index contributed by atoms with van der Waals surface area (Å²) in [5, 5.41) is 12.0. The Morgan fingerprint density at radius 2 is 1.72 bits per heavy atom. The lowest BCUT2D eigenvalue weighted by Gasteiger charge is -2.21. The number of methoxy groups -OCH3 is 2. The van der Waals surface area contributed by atoms with Crippen LogP contribution in [-0.4, -0.2) is 55.6 Å². The van der Waals surface area contributed by atoms with E-state index in [1.807, 2.05) is 32.0 Å². The lowest BCUT2D eigenvalue weighted by Crippen LogP contribution is -2.43. The molecule has 2 atom stereocenters. The average Bonchev–Trinajstić information content (AvgIpc) is 3.29. The van der Waals surface area contributed by atoms with Crippen LogP contribution in [0.25, 0.3) is 0 Å². The molecule has 10 nitrogen and oxygen atoms in total. The van der Waals surface area contributed by atoms with Crippen molar-refractivity contribution in [1.29, 1.82) is 0 Å². The molecule has 2 aromatic carbocycles. The number of para-hydroxylation sites is 1. The minimum absolute atomic E-state index is 0.211. The van der Waals surface area contributed by atoms with E-state index in [4.69, 9.17) is 9.47 Å². The van der Waals surface area contributed by atoms with Gasteiger partial charge in [-0.3, -0.25) is 19.4 Å². The van der Waals surface area contributed by atoms with Gasteiger partial charge in [0, 0.05) is 11.8 Å². The molecule has 3 amide bonds. The van der Waals surface area contributed by atoms with E-state index >= 15 is 0 Å². The normalized spacial score (nSPS) is 19.4. The molecule has 2 aliphatic heterocycles. The summed E-state index contributed by atoms with van der Waals surface area (Å²) < 4.78 is 10.5. The Balaban J connectivity index is 1.52. The van der Waals surface area contributed by atoms with E-state index in [0.29, 0.717) is 22.9 Å². The van der Waals surface area contributed by atoms with Crippen LogP contribution in [0.4, 0.5) is 11.4 Å². The van der Waals surface area contributed by atoms with Gasteiger partial charge < -0.3 is 14.8 Å². The molecular weight excluding hydrogens is 414 g/mol. The first-order valence-electron chi connectivity index (χ1n) is 9.99. The first-order valence-corrected chi connectivity index (χ1v) is 9.99. The van der Waals surface area contributed by atoms with Gasteiger partial charge in [-0.05, 0) is 37.1 Å². The Morgan fingerprint density at radius 1 is 1.03 bits per heavy atom. The Morgan fingerprint density at radius 3 is 2.38 bits per heavy atom. The van der Waals surface area contributed by atoms with Crippen molar-refractivity contribution in [3.63, 3.8) is 0 Å². The zero-order chi connectivity index (χ0) is 23.0. The maximum Gasteiger partial charge on any atom is 0.263 e. The standard InChI is InChI=1S/C22H23N5O5/c1-12-6-5-7-13(2)18(12)23-17(28)11-26-20-19(24-25-26)21(29)27(22(20)30)14-8-9-15(31-3)16(10-14)32-4/h5-10,19-20H,11H2,1-4H3,(H,23,28)/t19-,20-/m0/s1. The van der Waals surface area contributed by atoms with Crippen LogP contribution in [-0.2, 0) is 14.4 Å². The Kier molecular flexibility index (Phi) is 5.52. The van der Waals surface area contributed by atoms with E-state index in [2.05, 4.69) is 15.7 Å². The van der Waals surface area contributed by atoms with Crippen LogP contribution in [0.3, 0.4) is 0 Å². The van der Waals surface area contributed by atoms with Crippen molar-refractivity contribution in [2.45, 2.75) is 25.9 Å². The summed E-state index contributed by atoms with van der Waals surface area (Å²) in [6, 6.07) is 8.48. The molecule has 0 aliphatic carbocycles. The van der Waals surface area contributed by atoms with Gasteiger partial charge in [-0.2, -0.15) is 5.11 Å². The zero-order valence-electron chi connectivity index (χ0n) is 18.2. The lowest BCUT2D eigenvalue weighted by molar-refractivity contribution is -0.123. The van der Waals surface area contributed by atoms with Gasteiger partial charge in [0.2, 0.25) is 5.91 Å². The van der Waals surface area contributed by atoms with Crippen LogP contribution in [0.15, 0.2) is 46.7 Å². The summed E-state index contributed by atoms with van der Waals surface area (Å²) in [4.78, 5) is 39.8. The Bertz CT molecular complexity index is 1110. The van der Waals surface area contributed by atoms with E-state index in [1.165, 1.54) is 19.2 Å². The number of nitrogens with one attached hydrogen (secondary N) is 1. The molecule has 10 heteroatoms. The fourth-order valence-corrected chi connectivity index (χ4v) is 3.91. The van der Waals surface area contributed by atoms with Gasteiger partial charge in [-0.1, -0.05) is 23.4 Å². The number of nitrogens with zero attached hydrogens (tertiary/aromatic N) is 4. The molecule has 2 heterocycles. The first kappa shape index (κ1) is 21.3. The van der Waals surface area contributed by atoms with E-state index < -0.39 is 23.9 Å². The number of hydrogen-bond acceptors (Lipinski definition) is 8. The van der Waals surface area contributed by atoms with Crippen LogP contribution in [0.1, 0.15) is 11.1 Å². The molecule has 32 heavy (non-hydrogen) atoms. The molecule has 0 bridgehead atoms. The van der Waals surface area contributed by atoms with Crippen LogP contribution < -0.4 is 19.7 Å². The van der Waals surface area contributed by atoms with E-state index in [0.717, 1.165) is 16.0 Å². The summed E-state index contributed by atoms with van der Waals surface area (Å²) in [7, 11) is 2.96. The highest BCUT2D eigenvalue weighted by Gasteiger charge is 2.55. The third-order valence-electron chi connectivity index (χ3n) is 5.53. The number of aryl methyl sites for hydroxylation is 2. The number of imide groups is 1. The van der Waals surface area contributed by atoms with Gasteiger partial charge >= 0.3 is 0 Å². The summed E-state index contributed by atoms with van der Waals surface area (Å²) in [6.45, 7) is 3.58. The summed E-state index contributed by atoms with van der Waals surface area (Å²) in [6.07, 6.45) is 0. The SMILES string of the molecule is COc1ccc(N2C(=O)[C@H]3N=NN(CC(=O)Nc4c(C)cccc4C)[C@@H]3C2=O)cc1OC. The van der Waals surface area contributed by atoms with Gasteiger partial charge in [-0.15, -0.1) is 0 Å². The molecule has 166 valence electrons. The molecule has 4 rings (SSSR count). The van der Waals surface area contributed by atoms with E-state index in [9.17, 15) is 14.4 Å². The minimum Gasteiger partial charge on any atom is -0.493 e. The largest absolute Gasteiger partial charge is 0.493 e. The minimum atomic E-state index is -0.997. The maximum atomic E-state index is 13.2. The fraction of sp³-hybridized carbons (Fsp3) is 0.318. The maximum absolute atomic E-state index is 13.2. The van der Waals surface area contributed by atoms with Gasteiger partial charge in [0.05, 0.1) is 19.9 Å². The highest BCUT2D eigenvalue weighted by Crippen LogP contribution is 2.36. The molecular formula is C22H23N5O5. The van der Waals surface area contributed by atoms with Crippen molar-refractivity contribution in [2.24, 2.45) is 10.3 Å². The zero-order valence-corrected chi connectivity index (χ0v) is 18.2. The molecule has 0 aromatic heterocycles. The van der Waals surface area contributed by atoms with Gasteiger partial charge in [0.1, 0.15) is 6.54 Å². The monoisotopic (exact) mass is 437 g/mol. The smallest absolute Gasteiger partial charge is 0.263 e. The Labute approximate surface area is 184 Å². The predicted octanol–water partition coefficient (Wildman–Crippen LogP) is 2.25. The number of carbonyl (C=O) groups excluding carboxylic acids is 3. The molecule has 1 saturated heterocycles. The first-order chi connectivity index (χ1) is 15.3. The Hall–Kier alpha value is -3.95. The highest BCUT2D eigenvalue weighted by atomic mass is 16.5. The summed E-state index contributed by atoms with van der Waals surface area (Å²) >= 11 is 0. The van der Waals surface area contributed by atoms with Gasteiger partial charge in [0.25, 0.3) is 11.8 Å². The molecule has 0 spiro atoms. The van der Waals surface area contributed by atoms with Crippen molar-refractivity contribution >= 4 is 29.1 Å². The highest BCUT2D eigenvalue weighted by molar-refractivity contribution is 6.25. The van der Waals surface area contributed by atoms with Crippen LogP contribution in [0.2, 0.25) is 0 Å². The predicted molar refractivity (Wildman–Crippen MR) is 116 cm³/mol. The van der Waals surface area contributed by atoms with Crippen molar-refractivity contribution in [3.05, 3.63) is 47.5 Å². The van der Waals surface area contributed by atoms with E-state index in [1.54, 1.807) is 18.2 Å². The number of hydrogen-bond donors (Lipinski definition) is 1. The number of ether oxygens (including phenoxy) is 2. The number of amides is 3. The second-order valence-electron chi connectivity index (χ2n) is 7.56. The number of anilines is 2. The van der Waals surface area contributed by atoms with Crippen molar-refractivity contribution in [2.75, 3.05) is 31.0 Å². The lowest BCUT2D eigenvalue weighted by atomic mass is 10.1. The second kappa shape index (κ2) is 8.29. The van der Waals surface area contributed by atoms with Crippen molar-refractivity contribution in [1.82, 2.24) is 5.01 Å². The van der Waals surface area contributed by atoms with Crippen LogP contribution in [0.5, 0.6) is 11.5 Å². The van der Waals surface area contributed by atoms with E-state index in [-0.39, 0.29) is 12.5 Å². The van der Waals surface area contributed by atoms with Crippen LogP contribution in [0, 0.1) is 13.8 Å². The third-order valence-corrected chi connectivity index (χ3v) is 5.53. The van der Waals surface area contributed by atoms with Gasteiger partial charge in [0.15, 0.2) is 23.6 Å². The molecule has 0 radical (unpaired) electrons. The number of rotatable bonds is 6. The molecule has 1 N–H and O–H groups in total. The molecule has 1 fully saturated rings. The summed E-state index contributed by atoms with van der Waals surface area (Å²) in [5.74, 6) is -0.508. The topological polar surface area (TPSA) is 113 Å². The average molecular weight is 437 g/mol. The van der Waals surface area contributed by atoms with Gasteiger partial charge in [-0.25, -0.2) is 4.90 Å². The molecule has 2 aliphatic rings. The summed E-state index contributed by atoms with van der Waals surface area (Å²) in [5.41, 5.74) is 2.89. The number of fused-ring (bicyclic) bond motifs is 1. The van der Waals surface area contributed by atoms with Crippen molar-refractivity contribution in [3.8, 4) is 11.5 Å². The molecule has 0 saturated carbocycles. The quantitative estimate of drug-likeness (QED) is 0.694. The van der Waals surface area contributed by atoms with Crippen LogP contribution >= 0.6 is 0 Å². The number of carbonyl (C=O) groups is 3. The third kappa shape index (κ3) is 3.53. The molecule has 2 aromatic rings. The number of benzene rings is 2. The second-order valence-corrected chi connectivity index (χ2v) is 7.56. The fourth-order valence-electron chi connectivity index (χ4n) is 3.91. The molecule has 0 unspecified atom stereocenters. The van der Waals surface area contributed by atoms with Crippen molar-refractivity contribution < 1.29 is 23.9 Å².